The quantitative estimate of drug-likeness (QED) is 0.0620. The van der Waals surface area contributed by atoms with Crippen LogP contribution in [0, 0.1) is 11.8 Å². The molecule has 3 aliphatic rings. The number of β-amino-alcohol motifs (C(OH)–C–C–N with tert-alkyl or cyclic N) is 1. The minimum Gasteiger partial charge on any atom is -0.508 e. The Hall–Kier alpha value is -5.46. The van der Waals surface area contributed by atoms with Gasteiger partial charge in [-0.2, -0.15) is 0 Å². The van der Waals surface area contributed by atoms with Crippen molar-refractivity contribution in [3.8, 4) is 5.75 Å². The number of aromatic hydroxyl groups is 1. The number of nitrogens with two attached hydrogens (primary N) is 1. The number of benzene rings is 1. The monoisotopic (exact) mass is 1030 g/mol. The standard InChI is InChI=1S/C50H80N8O15/c1-5-27(2)20-28(3)12-10-8-6-7-9-11-13-40(67)53-34-22-32(61)25-52-48(71)44-36(63)18-19-57(44)50(73)43(38(65)24-39(51)66)56-47(70)42(37(64)21-30-14-16-31(60)17-15-30)55-46(69)35-23-33(62)26-58(35)49(72)41(29(4)59)54-45(34)68/h14-17,27-29,32-38,41-44,59-65H,5-13,18-26H2,1-4H3,(H2,51,66)(H,52,71)(H,53,67)(H,54,68)(H,55,69)(H,56,70)/t27?,28?,29-,32?,33?,34+,35+,36?,37?,38?,41+,42+,43+,44+/m1/s1. The van der Waals surface area contributed by atoms with Crippen molar-refractivity contribution in [2.75, 3.05) is 19.6 Å². The first-order valence-corrected chi connectivity index (χ1v) is 25.7. The lowest BCUT2D eigenvalue weighted by Gasteiger charge is -2.33. The zero-order chi connectivity index (χ0) is 54.1. The molecule has 1 aromatic rings. The van der Waals surface area contributed by atoms with E-state index in [1.807, 2.05) is 0 Å². The van der Waals surface area contributed by atoms with Crippen LogP contribution in [0.2, 0.25) is 0 Å². The van der Waals surface area contributed by atoms with Gasteiger partial charge in [0, 0.05) is 45.3 Å². The molecule has 73 heavy (non-hydrogen) atoms. The molecular formula is C50H80N8O15. The Balaban J connectivity index is 1.65. The third kappa shape index (κ3) is 18.2. The van der Waals surface area contributed by atoms with Crippen molar-refractivity contribution < 1.29 is 74.1 Å². The predicted octanol–water partition coefficient (Wildman–Crippen LogP) is -2.15. The number of rotatable bonds is 20. The molecule has 8 amide bonds. The van der Waals surface area contributed by atoms with Crippen LogP contribution in [-0.4, -0.2) is 185 Å². The highest BCUT2D eigenvalue weighted by Crippen LogP contribution is 2.25. The van der Waals surface area contributed by atoms with Crippen LogP contribution in [0.3, 0.4) is 0 Å². The first kappa shape index (κ1) is 60.1. The van der Waals surface area contributed by atoms with Crippen LogP contribution < -0.4 is 32.3 Å². The van der Waals surface area contributed by atoms with Gasteiger partial charge in [-0.05, 0) is 55.7 Å². The number of carbonyl (C=O) groups excluding carboxylic acids is 8. The van der Waals surface area contributed by atoms with Crippen LogP contribution >= 0.6 is 0 Å². The smallest absolute Gasteiger partial charge is 0.248 e. The Labute approximate surface area is 426 Å². The first-order valence-electron chi connectivity index (χ1n) is 25.7. The number of hydrogen-bond acceptors (Lipinski definition) is 15. The average molecular weight is 1030 g/mol. The van der Waals surface area contributed by atoms with Gasteiger partial charge in [-0.3, -0.25) is 38.4 Å². The molecular weight excluding hydrogens is 953 g/mol. The number of primary amides is 1. The fourth-order valence-corrected chi connectivity index (χ4v) is 9.75. The first-order chi connectivity index (χ1) is 34.5. The second-order valence-corrected chi connectivity index (χ2v) is 20.4. The van der Waals surface area contributed by atoms with Crippen LogP contribution in [0.5, 0.6) is 5.75 Å². The second-order valence-electron chi connectivity index (χ2n) is 20.4. The number of aliphatic hydroxyl groups is 6. The van der Waals surface area contributed by atoms with Crippen LogP contribution in [-0.2, 0) is 44.8 Å². The van der Waals surface area contributed by atoms with E-state index in [-0.39, 0.29) is 31.6 Å². The van der Waals surface area contributed by atoms with Gasteiger partial charge in [-0.15, -0.1) is 0 Å². The molecule has 3 fully saturated rings. The molecule has 0 saturated carbocycles. The van der Waals surface area contributed by atoms with E-state index in [1.54, 1.807) is 0 Å². The topological polar surface area (TPSA) is 371 Å². The molecule has 3 heterocycles. The Morgan fingerprint density at radius 2 is 1.36 bits per heavy atom. The summed E-state index contributed by atoms with van der Waals surface area (Å²) in [7, 11) is 0. The number of hydrogen-bond donors (Lipinski definition) is 13. The Morgan fingerprint density at radius 3 is 2.00 bits per heavy atom. The van der Waals surface area contributed by atoms with E-state index in [9.17, 15) is 74.1 Å². The number of amides is 8. The maximum absolute atomic E-state index is 14.3. The number of carbonyl (C=O) groups is 8. The fraction of sp³-hybridized carbons (Fsp3) is 0.720. The van der Waals surface area contributed by atoms with Gasteiger partial charge >= 0.3 is 0 Å². The Morgan fingerprint density at radius 1 is 0.740 bits per heavy atom. The highest BCUT2D eigenvalue weighted by atomic mass is 16.3. The third-order valence-corrected chi connectivity index (χ3v) is 14.1. The summed E-state index contributed by atoms with van der Waals surface area (Å²) in [5.74, 6) is -7.21. The Kier molecular flexibility index (Phi) is 23.7. The number of unbranched alkanes of at least 4 members (excludes halogenated alkanes) is 5. The van der Waals surface area contributed by atoms with Crippen LogP contribution in [0.1, 0.15) is 123 Å². The van der Waals surface area contributed by atoms with E-state index in [0.29, 0.717) is 23.8 Å². The molecule has 0 bridgehead atoms. The van der Waals surface area contributed by atoms with E-state index in [0.717, 1.165) is 54.7 Å². The molecule has 14 atom stereocenters. The van der Waals surface area contributed by atoms with Gasteiger partial charge in [-0.1, -0.05) is 77.8 Å². The average Bonchev–Trinajstić information content (AvgIpc) is 3.92. The summed E-state index contributed by atoms with van der Waals surface area (Å²) in [5.41, 5.74) is 5.70. The van der Waals surface area contributed by atoms with Gasteiger partial charge in [0.2, 0.25) is 47.3 Å². The number of phenols is 1. The fourth-order valence-electron chi connectivity index (χ4n) is 9.75. The summed E-state index contributed by atoms with van der Waals surface area (Å²) in [5, 5.41) is 88.7. The van der Waals surface area contributed by atoms with Gasteiger partial charge < -0.3 is 77.9 Å². The van der Waals surface area contributed by atoms with Gasteiger partial charge in [0.05, 0.1) is 43.0 Å². The van der Waals surface area contributed by atoms with Crippen LogP contribution in [0.25, 0.3) is 0 Å². The van der Waals surface area contributed by atoms with Crippen molar-refractivity contribution in [1.29, 1.82) is 0 Å². The summed E-state index contributed by atoms with van der Waals surface area (Å²) >= 11 is 0. The van der Waals surface area contributed by atoms with Crippen molar-refractivity contribution >= 4 is 47.3 Å². The summed E-state index contributed by atoms with van der Waals surface area (Å²) in [6.45, 7) is 6.49. The maximum Gasteiger partial charge on any atom is 0.248 e. The van der Waals surface area contributed by atoms with Gasteiger partial charge in [0.25, 0.3) is 0 Å². The molecule has 14 N–H and O–H groups in total. The number of aliphatic hydroxyl groups excluding tert-OH is 6. The SMILES string of the molecule is CCC(C)CC(C)CCCCCCCCC(=O)N[C@H]1CC(O)CNC(=O)[C@@H]2C(O)CCN2C(=O)[C@H](C(O)CC(N)=O)NC(=O)[C@H](C(O)Cc2ccc(O)cc2)NC(=O)[C@@H]2CC(O)CN2C(=O)[C@H]([C@@H](C)O)NC1=O. The molecule has 23 heteroatoms. The summed E-state index contributed by atoms with van der Waals surface area (Å²) in [4.78, 5) is 112. The summed E-state index contributed by atoms with van der Waals surface area (Å²) in [6, 6.07) is -5.41. The lowest BCUT2D eigenvalue weighted by molar-refractivity contribution is -0.147. The van der Waals surface area contributed by atoms with E-state index >= 15 is 0 Å². The zero-order valence-electron chi connectivity index (χ0n) is 42.5. The minimum absolute atomic E-state index is 0.00429. The molecule has 23 nitrogen and oxygen atoms in total. The molecule has 3 aliphatic heterocycles. The van der Waals surface area contributed by atoms with Crippen molar-refractivity contribution in [2.45, 2.75) is 197 Å². The number of nitrogens with one attached hydrogen (secondary N) is 5. The Bertz CT molecular complexity index is 2030. The van der Waals surface area contributed by atoms with Crippen molar-refractivity contribution in [2.24, 2.45) is 17.6 Å². The van der Waals surface area contributed by atoms with Crippen LogP contribution in [0.15, 0.2) is 24.3 Å². The largest absolute Gasteiger partial charge is 0.508 e. The van der Waals surface area contributed by atoms with Crippen molar-refractivity contribution in [3.05, 3.63) is 29.8 Å². The molecule has 7 unspecified atom stereocenters. The molecule has 410 valence electrons. The number of nitrogens with zero attached hydrogens (tertiary/aromatic N) is 2. The van der Waals surface area contributed by atoms with E-state index in [4.69, 9.17) is 5.73 Å². The normalized spacial score (nSPS) is 28.0. The van der Waals surface area contributed by atoms with Crippen molar-refractivity contribution in [3.63, 3.8) is 0 Å². The molecule has 1 aromatic carbocycles. The second kappa shape index (κ2) is 28.8. The molecule has 4 rings (SSSR count). The molecule has 3 saturated heterocycles. The van der Waals surface area contributed by atoms with Crippen LogP contribution in [0.4, 0.5) is 0 Å². The van der Waals surface area contributed by atoms with Gasteiger partial charge in [0.15, 0.2) is 0 Å². The minimum atomic E-state index is -2.10. The lowest BCUT2D eigenvalue weighted by atomic mass is 9.91. The molecule has 0 radical (unpaired) electrons. The summed E-state index contributed by atoms with van der Waals surface area (Å²) < 4.78 is 0. The maximum atomic E-state index is 14.3. The lowest BCUT2D eigenvalue weighted by Crippen LogP contribution is -2.64. The van der Waals surface area contributed by atoms with Gasteiger partial charge in [-0.25, -0.2) is 0 Å². The van der Waals surface area contributed by atoms with E-state index in [1.165, 1.54) is 37.6 Å². The highest BCUT2D eigenvalue weighted by molar-refractivity contribution is 5.98. The predicted molar refractivity (Wildman–Crippen MR) is 263 cm³/mol. The van der Waals surface area contributed by atoms with Gasteiger partial charge in [0.1, 0.15) is 42.0 Å². The highest BCUT2D eigenvalue weighted by Gasteiger charge is 2.48. The molecule has 0 aliphatic carbocycles. The zero-order valence-corrected chi connectivity index (χ0v) is 42.5. The number of phenolic OH excluding ortho intramolecular Hbond substituents is 1. The summed E-state index contributed by atoms with van der Waals surface area (Å²) in [6.07, 6.45) is -3.70. The molecule has 0 aromatic heterocycles. The molecule has 0 spiro atoms. The van der Waals surface area contributed by atoms with E-state index in [2.05, 4.69) is 47.4 Å². The third-order valence-electron chi connectivity index (χ3n) is 14.1. The number of fused-ring (bicyclic) bond motifs is 2. The van der Waals surface area contributed by atoms with Crippen molar-refractivity contribution in [1.82, 2.24) is 36.4 Å². The van der Waals surface area contributed by atoms with E-state index < -0.39 is 152 Å².